The van der Waals surface area contributed by atoms with E-state index in [-0.39, 0.29) is 0 Å². The Labute approximate surface area is 102 Å². The Balaban J connectivity index is -0.000000205. The van der Waals surface area contributed by atoms with Crippen LogP contribution in [0.4, 0.5) is 0 Å². The van der Waals surface area contributed by atoms with Crippen molar-refractivity contribution in [1.29, 1.82) is 0 Å². The Kier molecular flexibility index (Phi) is 20.6. The third kappa shape index (κ3) is 18.4. The molecule has 0 fully saturated rings. The van der Waals surface area contributed by atoms with Crippen LogP contribution in [0.15, 0.2) is 0 Å². The van der Waals surface area contributed by atoms with Crippen molar-refractivity contribution >= 4 is 8.25 Å². The first-order chi connectivity index (χ1) is 7.89. The maximum Gasteiger partial charge on any atom is 0.692 e. The second-order valence-corrected chi connectivity index (χ2v) is 3.89. The number of unbranched alkanes of at least 4 members (excludes halogenated alkanes) is 1. The van der Waals surface area contributed by atoms with E-state index >= 15 is 0 Å². The van der Waals surface area contributed by atoms with Gasteiger partial charge in [-0.05, 0) is 0 Å². The summed E-state index contributed by atoms with van der Waals surface area (Å²) in [5, 5.41) is 34.0. The van der Waals surface area contributed by atoms with Crippen molar-refractivity contribution in [2.75, 3.05) is 26.4 Å². The smallest absolute Gasteiger partial charge is 0.396 e. The summed E-state index contributed by atoms with van der Waals surface area (Å²) in [6.45, 7) is 2.74. The maximum atomic E-state index is 8.70. The van der Waals surface area contributed by atoms with E-state index in [4.69, 9.17) is 34.8 Å². The number of aliphatic hydroxyl groups excluding tert-OH is 4. The lowest BCUT2D eigenvalue weighted by Gasteiger charge is -2.23. The average Bonchev–Trinajstić information content (AvgIpc) is 2.32. The van der Waals surface area contributed by atoms with Crippen molar-refractivity contribution in [2.45, 2.75) is 26.7 Å². The minimum atomic E-state index is -2.87. The van der Waals surface area contributed by atoms with Crippen LogP contribution in [0, 0.1) is 5.41 Å². The average molecular weight is 275 g/mol. The molecule has 0 aromatic carbocycles. The molecule has 0 aliphatic rings. The highest BCUT2D eigenvalue weighted by molar-refractivity contribution is 7.30. The molecule has 0 saturated carbocycles. The highest BCUT2D eigenvalue weighted by atomic mass is 31.1. The van der Waals surface area contributed by atoms with Crippen LogP contribution in [0.1, 0.15) is 26.7 Å². The molecule has 0 aromatic heterocycles. The van der Waals surface area contributed by atoms with Gasteiger partial charge in [-0.1, -0.05) is 26.7 Å². The van der Waals surface area contributed by atoms with Crippen molar-refractivity contribution in [3.05, 3.63) is 0 Å². The fourth-order valence-corrected chi connectivity index (χ4v) is 0.300. The summed E-state index contributed by atoms with van der Waals surface area (Å²) in [5.41, 5.74) is -1.11. The van der Waals surface area contributed by atoms with E-state index in [0.717, 1.165) is 0 Å². The molecule has 0 aliphatic heterocycles. The topological polar surface area (TPSA) is 138 Å². The molecular formula is C9H24O7P+. The number of hydrogen-bond acceptors (Lipinski definition) is 5. The van der Waals surface area contributed by atoms with Gasteiger partial charge in [0.05, 0.1) is 31.8 Å². The monoisotopic (exact) mass is 275 g/mol. The van der Waals surface area contributed by atoms with Gasteiger partial charge in [-0.3, -0.25) is 0 Å². The Morgan fingerprint density at radius 3 is 1.00 bits per heavy atom. The second-order valence-electron chi connectivity index (χ2n) is 3.39. The summed E-state index contributed by atoms with van der Waals surface area (Å²) in [6.07, 6.45) is 2.64. The highest BCUT2D eigenvalue weighted by Gasteiger charge is 2.26. The van der Waals surface area contributed by atoms with Crippen LogP contribution in [-0.4, -0.2) is 56.6 Å². The first kappa shape index (κ1) is 22.1. The third-order valence-corrected chi connectivity index (χ3v) is 1.84. The first-order valence-electron chi connectivity index (χ1n) is 5.18. The second kappa shape index (κ2) is 15.9. The quantitative estimate of drug-likeness (QED) is 0.367. The lowest BCUT2D eigenvalue weighted by Crippen LogP contribution is -2.37. The molecule has 0 aliphatic carbocycles. The molecule has 0 unspecified atom stereocenters. The molecule has 106 valence electrons. The van der Waals surface area contributed by atoms with E-state index in [1.54, 1.807) is 0 Å². The minimum Gasteiger partial charge on any atom is -0.396 e. The van der Waals surface area contributed by atoms with Crippen LogP contribution in [0.3, 0.4) is 0 Å². The number of aliphatic hydroxyl groups is 4. The normalized spacial score (nSPS) is 9.65. The zero-order valence-electron chi connectivity index (χ0n) is 10.3. The predicted octanol–water partition coefficient (Wildman–Crippen LogP) is -0.623. The van der Waals surface area contributed by atoms with Crippen LogP contribution in [-0.2, 0) is 4.57 Å². The molecule has 0 saturated heterocycles. The SMILES string of the molecule is CCCC.O=[P+](O)O.OCC(CO)(CO)CO. The van der Waals surface area contributed by atoms with Gasteiger partial charge < -0.3 is 20.4 Å². The third-order valence-electron chi connectivity index (χ3n) is 1.84. The van der Waals surface area contributed by atoms with Gasteiger partial charge in [-0.15, -0.1) is 9.79 Å². The van der Waals surface area contributed by atoms with Crippen LogP contribution >= 0.6 is 8.25 Å². The number of hydrogen-bond donors (Lipinski definition) is 6. The van der Waals surface area contributed by atoms with Gasteiger partial charge in [0.2, 0.25) is 0 Å². The molecule has 0 radical (unpaired) electrons. The van der Waals surface area contributed by atoms with Gasteiger partial charge in [0.15, 0.2) is 0 Å². The zero-order chi connectivity index (χ0) is 14.3. The van der Waals surface area contributed by atoms with E-state index in [9.17, 15) is 0 Å². The van der Waals surface area contributed by atoms with Gasteiger partial charge in [0.1, 0.15) is 0 Å². The van der Waals surface area contributed by atoms with Crippen LogP contribution < -0.4 is 0 Å². The van der Waals surface area contributed by atoms with Crippen molar-refractivity contribution in [1.82, 2.24) is 0 Å². The summed E-state index contributed by atoms with van der Waals surface area (Å²) in [6, 6.07) is 0. The van der Waals surface area contributed by atoms with Crippen LogP contribution in [0.25, 0.3) is 0 Å². The molecule has 0 atom stereocenters. The lowest BCUT2D eigenvalue weighted by molar-refractivity contribution is -0.0328. The highest BCUT2D eigenvalue weighted by Crippen LogP contribution is 2.11. The first-order valence-corrected chi connectivity index (χ1v) is 6.34. The molecule has 8 heteroatoms. The molecule has 0 spiro atoms. The summed E-state index contributed by atoms with van der Waals surface area (Å²) in [7, 11) is -2.87. The summed E-state index contributed by atoms with van der Waals surface area (Å²) >= 11 is 0. The van der Waals surface area contributed by atoms with Gasteiger partial charge in [-0.2, -0.15) is 0 Å². The van der Waals surface area contributed by atoms with E-state index in [0.29, 0.717) is 0 Å². The zero-order valence-corrected chi connectivity index (χ0v) is 11.2. The standard InChI is InChI=1S/C5H12O4.C4H10.HO3P/c6-1-5(2-7,3-8)4-9;1-3-4-2;1-4(2)3/h6-9H,1-4H2;3-4H2,1-2H3;(H-,1,2,3)/p+1. The largest absolute Gasteiger partial charge is 0.692 e. The Morgan fingerprint density at radius 2 is 1.00 bits per heavy atom. The van der Waals surface area contributed by atoms with E-state index in [1.165, 1.54) is 12.8 Å². The summed E-state index contributed by atoms with van der Waals surface area (Å²) in [5.74, 6) is 0. The van der Waals surface area contributed by atoms with Gasteiger partial charge in [-0.25, -0.2) is 0 Å². The number of rotatable bonds is 5. The molecule has 0 heterocycles. The van der Waals surface area contributed by atoms with Gasteiger partial charge >= 0.3 is 8.25 Å². The maximum absolute atomic E-state index is 8.70. The summed E-state index contributed by atoms with van der Waals surface area (Å²) in [4.78, 5) is 14.2. The van der Waals surface area contributed by atoms with E-state index in [2.05, 4.69) is 13.8 Å². The molecule has 0 amide bonds. The van der Waals surface area contributed by atoms with Crippen molar-refractivity contribution < 1.29 is 34.8 Å². The van der Waals surface area contributed by atoms with E-state index in [1.807, 2.05) is 0 Å². The molecular weight excluding hydrogens is 251 g/mol. The van der Waals surface area contributed by atoms with Crippen LogP contribution in [0.2, 0.25) is 0 Å². The van der Waals surface area contributed by atoms with E-state index < -0.39 is 40.1 Å². The Morgan fingerprint density at radius 1 is 0.824 bits per heavy atom. The van der Waals surface area contributed by atoms with Gasteiger partial charge in [0.25, 0.3) is 0 Å². The molecule has 7 nitrogen and oxygen atoms in total. The molecule has 0 aromatic rings. The van der Waals surface area contributed by atoms with Crippen LogP contribution in [0.5, 0.6) is 0 Å². The molecule has 0 rings (SSSR count). The molecule has 0 bridgehead atoms. The van der Waals surface area contributed by atoms with Crippen molar-refractivity contribution in [3.8, 4) is 0 Å². The minimum absolute atomic E-state index is 0.406. The van der Waals surface area contributed by atoms with Crippen molar-refractivity contribution in [3.63, 3.8) is 0 Å². The van der Waals surface area contributed by atoms with Gasteiger partial charge in [0, 0.05) is 4.57 Å². The fraction of sp³-hybridized carbons (Fsp3) is 1.00. The lowest BCUT2D eigenvalue weighted by atomic mass is 9.93. The van der Waals surface area contributed by atoms with Crippen molar-refractivity contribution in [2.24, 2.45) is 5.41 Å². The Hall–Kier alpha value is -0.140. The predicted molar refractivity (Wildman–Crippen MR) is 63.4 cm³/mol. The fourth-order valence-electron chi connectivity index (χ4n) is 0.300. The summed E-state index contributed by atoms with van der Waals surface area (Å²) < 4.78 is 8.70. The molecule has 17 heavy (non-hydrogen) atoms. The molecule has 6 N–H and O–H groups in total. The Bertz CT molecular complexity index is 138.